The first-order chi connectivity index (χ1) is 18.2. The zero-order chi connectivity index (χ0) is 29.1. The molecule has 0 aromatic heterocycles. The molecule has 0 saturated heterocycles. The monoisotopic (exact) mass is 539 g/mol. The molecule has 200 valence electrons. The minimum atomic E-state index is -4.94. The molecule has 0 fully saturated rings. The summed E-state index contributed by atoms with van der Waals surface area (Å²) in [6.45, 7) is 3.63. The van der Waals surface area contributed by atoms with Crippen LogP contribution < -0.4 is 0 Å². The van der Waals surface area contributed by atoms with Gasteiger partial charge < -0.3 is 0 Å². The number of halogens is 3. The van der Waals surface area contributed by atoms with Crippen LogP contribution in [0.2, 0.25) is 0 Å². The molecule has 3 aromatic rings. The van der Waals surface area contributed by atoms with Gasteiger partial charge in [0, 0.05) is 22.8 Å². The first-order valence-electron chi connectivity index (χ1n) is 11.4. The van der Waals surface area contributed by atoms with E-state index >= 15 is 0 Å². The summed E-state index contributed by atoms with van der Waals surface area (Å²) in [6, 6.07) is 16.3. The molecule has 0 saturated carbocycles. The van der Waals surface area contributed by atoms with Crippen LogP contribution in [-0.4, -0.2) is 40.0 Å². The average molecular weight is 539 g/mol. The summed E-state index contributed by atoms with van der Waals surface area (Å²) in [5.74, 6) is -6.48. The van der Waals surface area contributed by atoms with Crippen LogP contribution in [0, 0.1) is 29.9 Å². The fourth-order valence-corrected chi connectivity index (χ4v) is 3.79. The maximum Gasteiger partial charge on any atom is 0.450 e. The molecule has 1 atom stereocenters. The van der Waals surface area contributed by atoms with Crippen LogP contribution in [0.3, 0.4) is 0 Å². The van der Waals surface area contributed by atoms with Gasteiger partial charge in [-0.25, -0.2) is 0 Å². The molecule has 0 bridgehead atoms. The van der Waals surface area contributed by atoms with E-state index in [0.717, 1.165) is 17.2 Å². The van der Waals surface area contributed by atoms with Crippen LogP contribution in [0.25, 0.3) is 0 Å². The van der Waals surface area contributed by atoms with Crippen molar-refractivity contribution in [3.63, 3.8) is 0 Å². The molecule has 11 heteroatoms. The van der Waals surface area contributed by atoms with Crippen LogP contribution in [-0.2, 0) is 4.79 Å². The number of nitro benzene ring substituents is 1. The Kier molecular flexibility index (Phi) is 8.33. The third-order valence-corrected chi connectivity index (χ3v) is 5.88. The van der Waals surface area contributed by atoms with Crippen molar-refractivity contribution >= 4 is 34.6 Å². The topological polar surface area (TPSA) is 128 Å². The number of benzene rings is 3. The Labute approximate surface area is 219 Å². The molecular weight excluding hydrogens is 519 g/mol. The van der Waals surface area contributed by atoms with E-state index in [1.807, 2.05) is 6.92 Å². The van der Waals surface area contributed by atoms with Crippen LogP contribution in [0.15, 0.2) is 66.7 Å². The molecule has 0 amide bonds. The minimum absolute atomic E-state index is 0.0605. The van der Waals surface area contributed by atoms with Crippen molar-refractivity contribution in [2.24, 2.45) is 5.92 Å². The Bertz CT molecular complexity index is 1490. The first kappa shape index (κ1) is 28.8. The van der Waals surface area contributed by atoms with Crippen molar-refractivity contribution in [2.75, 3.05) is 0 Å². The number of nitro groups is 1. The van der Waals surface area contributed by atoms with Gasteiger partial charge in [0.15, 0.2) is 23.1 Å². The first-order valence-corrected chi connectivity index (χ1v) is 11.4. The van der Waals surface area contributed by atoms with Gasteiger partial charge in [0.05, 0.1) is 11.3 Å². The lowest BCUT2D eigenvalue weighted by atomic mass is 9.93. The van der Waals surface area contributed by atoms with E-state index < -0.39 is 58.0 Å². The molecule has 1 aliphatic carbocycles. The van der Waals surface area contributed by atoms with Gasteiger partial charge >= 0.3 is 6.18 Å². The normalized spacial score (nSPS) is 14.2. The Morgan fingerprint density at radius 2 is 1.33 bits per heavy atom. The number of hydrogen-bond acceptors (Lipinski definition) is 7. The van der Waals surface area contributed by atoms with E-state index in [2.05, 4.69) is 0 Å². The van der Waals surface area contributed by atoms with Crippen LogP contribution in [0.5, 0.6) is 0 Å². The van der Waals surface area contributed by atoms with Crippen molar-refractivity contribution in [3.05, 3.63) is 110 Å². The van der Waals surface area contributed by atoms with Gasteiger partial charge in [-0.2, -0.15) is 13.2 Å². The van der Waals surface area contributed by atoms with E-state index in [4.69, 9.17) is 0 Å². The fourth-order valence-electron chi connectivity index (χ4n) is 3.79. The number of carbonyl (C=O) groups is 5. The largest absolute Gasteiger partial charge is 0.450 e. The third-order valence-electron chi connectivity index (χ3n) is 5.88. The summed E-state index contributed by atoms with van der Waals surface area (Å²) in [5.41, 5.74) is 1.40. The van der Waals surface area contributed by atoms with Gasteiger partial charge in [-0.1, -0.05) is 71.8 Å². The Morgan fingerprint density at radius 1 is 0.821 bits per heavy atom. The van der Waals surface area contributed by atoms with E-state index in [9.17, 15) is 47.3 Å². The maximum atomic E-state index is 12.5. The van der Waals surface area contributed by atoms with Crippen molar-refractivity contribution in [1.82, 2.24) is 0 Å². The number of nitrogens with zero attached hydrogens (tertiary/aromatic N) is 1. The second kappa shape index (κ2) is 11.3. The minimum Gasteiger partial charge on any atom is -0.294 e. The maximum absolute atomic E-state index is 12.5. The van der Waals surface area contributed by atoms with E-state index in [0.29, 0.717) is 0 Å². The van der Waals surface area contributed by atoms with Crippen LogP contribution >= 0.6 is 0 Å². The van der Waals surface area contributed by atoms with Gasteiger partial charge in [-0.3, -0.25) is 34.1 Å². The second-order valence-electron chi connectivity index (χ2n) is 8.74. The number of aryl methyl sites for hydroxylation is 2. The van der Waals surface area contributed by atoms with Crippen LogP contribution in [0.4, 0.5) is 18.9 Å². The summed E-state index contributed by atoms with van der Waals surface area (Å²) in [4.78, 5) is 69.6. The highest BCUT2D eigenvalue weighted by Gasteiger charge is 2.47. The SMILES string of the molecule is Cc1ccc(C(=O)C2C(=O)c3cccc([N+](=O)[O-])c3C2=O)cc1.Cc1ccc(C(=O)CC(=O)C(F)(F)F)cc1. The highest BCUT2D eigenvalue weighted by Crippen LogP contribution is 2.35. The highest BCUT2D eigenvalue weighted by atomic mass is 19.4. The number of rotatable bonds is 6. The number of fused-ring (bicyclic) bond motifs is 1. The number of hydrogen-bond donors (Lipinski definition) is 0. The van der Waals surface area contributed by atoms with E-state index in [1.54, 1.807) is 31.2 Å². The average Bonchev–Trinajstić information content (AvgIpc) is 3.14. The summed E-state index contributed by atoms with van der Waals surface area (Å²) >= 11 is 0. The molecule has 0 radical (unpaired) electrons. The summed E-state index contributed by atoms with van der Waals surface area (Å²) in [7, 11) is 0. The molecule has 8 nitrogen and oxygen atoms in total. The second-order valence-corrected chi connectivity index (χ2v) is 8.74. The van der Waals surface area contributed by atoms with Gasteiger partial charge in [0.2, 0.25) is 5.78 Å². The molecule has 3 aromatic carbocycles. The highest BCUT2D eigenvalue weighted by molar-refractivity contribution is 6.38. The molecule has 1 aliphatic rings. The Morgan fingerprint density at radius 3 is 1.82 bits per heavy atom. The Hall–Kier alpha value is -4.80. The van der Waals surface area contributed by atoms with Crippen molar-refractivity contribution in [1.29, 1.82) is 0 Å². The molecule has 0 aliphatic heterocycles. The number of ketones is 5. The standard InChI is InChI=1S/C17H11NO5.C11H9F3O2/c1-9-5-7-10(8-6-9)15(19)14-16(20)11-3-2-4-12(18(22)23)13(11)17(14)21;1-7-2-4-8(5-3-7)9(15)6-10(16)11(12,13)14/h2-8,14H,1H3;2-5H,6H2,1H3. The molecule has 1 unspecified atom stereocenters. The molecule has 0 N–H and O–H groups in total. The van der Waals surface area contributed by atoms with Gasteiger partial charge in [-0.15, -0.1) is 0 Å². The van der Waals surface area contributed by atoms with Gasteiger partial charge in [0.1, 0.15) is 11.5 Å². The molecule has 0 heterocycles. The summed E-state index contributed by atoms with van der Waals surface area (Å²) in [6.07, 6.45) is -6.08. The molecular formula is C28H20F3NO7. The van der Waals surface area contributed by atoms with Crippen molar-refractivity contribution < 1.29 is 42.1 Å². The fraction of sp³-hybridized carbons (Fsp3) is 0.179. The molecule has 39 heavy (non-hydrogen) atoms. The predicted octanol–water partition coefficient (Wildman–Crippen LogP) is 5.48. The lowest BCUT2D eigenvalue weighted by Gasteiger charge is -2.06. The van der Waals surface area contributed by atoms with Gasteiger partial charge in [0.25, 0.3) is 5.69 Å². The molecule has 4 rings (SSSR count). The third kappa shape index (κ3) is 6.38. The van der Waals surface area contributed by atoms with Crippen LogP contribution in [0.1, 0.15) is 59.0 Å². The number of Topliss-reactive ketones (excluding diaryl/α,β-unsaturated/α-hetero) is 5. The van der Waals surface area contributed by atoms with E-state index in [1.165, 1.54) is 36.4 Å². The zero-order valence-corrected chi connectivity index (χ0v) is 20.6. The Balaban J connectivity index is 0.000000231. The quantitative estimate of drug-likeness (QED) is 0.176. The zero-order valence-electron chi connectivity index (χ0n) is 20.6. The van der Waals surface area contributed by atoms with Crippen molar-refractivity contribution in [2.45, 2.75) is 26.4 Å². The summed E-state index contributed by atoms with van der Waals surface area (Å²) in [5, 5.41) is 11.1. The lowest BCUT2D eigenvalue weighted by molar-refractivity contribution is -0.385. The number of carbonyl (C=O) groups excluding carboxylic acids is 5. The lowest BCUT2D eigenvalue weighted by Crippen LogP contribution is -2.25. The van der Waals surface area contributed by atoms with E-state index in [-0.39, 0.29) is 22.3 Å². The summed E-state index contributed by atoms with van der Waals surface area (Å²) < 4.78 is 35.7. The predicted molar refractivity (Wildman–Crippen MR) is 132 cm³/mol. The smallest absolute Gasteiger partial charge is 0.294 e. The number of alkyl halides is 3. The van der Waals surface area contributed by atoms with Crippen molar-refractivity contribution in [3.8, 4) is 0 Å². The molecule has 0 spiro atoms. The van der Waals surface area contributed by atoms with Gasteiger partial charge in [-0.05, 0) is 13.8 Å².